The summed E-state index contributed by atoms with van der Waals surface area (Å²) < 4.78 is 0. The summed E-state index contributed by atoms with van der Waals surface area (Å²) in [7, 11) is 0. The normalized spacial score (nSPS) is 18.1. The maximum atomic E-state index is 12.3. The van der Waals surface area contributed by atoms with E-state index in [-0.39, 0.29) is 5.91 Å². The van der Waals surface area contributed by atoms with Crippen molar-refractivity contribution in [2.24, 2.45) is 5.92 Å². The lowest BCUT2D eigenvalue weighted by atomic mass is 9.98. The number of rotatable bonds is 1. The highest BCUT2D eigenvalue weighted by atomic mass is 16.2. The van der Waals surface area contributed by atoms with Crippen LogP contribution in [0.5, 0.6) is 0 Å². The molecule has 0 unspecified atom stereocenters. The van der Waals surface area contributed by atoms with Gasteiger partial charge < -0.3 is 4.90 Å². The molecule has 0 bridgehead atoms. The average molecular weight is 243 g/mol. The molecule has 0 aliphatic carbocycles. The fourth-order valence-corrected chi connectivity index (χ4v) is 2.41. The minimum Gasteiger partial charge on any atom is -0.339 e. The zero-order valence-corrected chi connectivity index (χ0v) is 11.3. The van der Waals surface area contributed by atoms with Crippen LogP contribution in [0.2, 0.25) is 0 Å². The van der Waals surface area contributed by atoms with Gasteiger partial charge in [0.1, 0.15) is 0 Å². The van der Waals surface area contributed by atoms with Crippen molar-refractivity contribution in [2.45, 2.75) is 26.7 Å². The molecule has 1 aliphatic heterocycles. The predicted molar refractivity (Wildman–Crippen MR) is 75.7 cm³/mol. The number of piperidine rings is 1. The molecule has 0 saturated carbocycles. The lowest BCUT2D eigenvalue weighted by molar-refractivity contribution is 0.0697. The monoisotopic (exact) mass is 243 g/mol. The smallest absolute Gasteiger partial charge is 0.253 e. The Kier molecular flexibility index (Phi) is 3.85. The van der Waals surface area contributed by atoms with Crippen LogP contribution in [0.3, 0.4) is 0 Å². The van der Waals surface area contributed by atoms with E-state index in [1.165, 1.54) is 0 Å². The van der Waals surface area contributed by atoms with Gasteiger partial charge in [0.25, 0.3) is 5.91 Å². The predicted octanol–water partition coefficient (Wildman–Crippen LogP) is 1.77. The van der Waals surface area contributed by atoms with Gasteiger partial charge in [0.05, 0.1) is 0 Å². The first-order valence-electron chi connectivity index (χ1n) is 6.66. The Labute approximate surface area is 109 Å². The molecule has 0 aromatic heterocycles. The van der Waals surface area contributed by atoms with Gasteiger partial charge >= 0.3 is 0 Å². The van der Waals surface area contributed by atoms with Crippen molar-refractivity contribution in [2.75, 3.05) is 13.1 Å². The van der Waals surface area contributed by atoms with E-state index < -0.39 is 0 Å². The van der Waals surface area contributed by atoms with Crippen molar-refractivity contribution in [3.63, 3.8) is 0 Å². The largest absolute Gasteiger partial charge is 0.339 e. The van der Waals surface area contributed by atoms with Crippen LogP contribution in [0.25, 0.3) is 12.7 Å². The first kappa shape index (κ1) is 12.9. The standard InChI is InChI=1S/C16H21NO/c1-4-14-5-6-15(11-13(14)3)16(18)17-9-7-12(2)8-10-17/h4-6,11-12H,3,7-10H2,1-2H3/b14-4-. The van der Waals surface area contributed by atoms with Gasteiger partial charge in [-0.3, -0.25) is 4.79 Å². The Bertz CT molecular complexity index is 539. The Morgan fingerprint density at radius 1 is 1.39 bits per heavy atom. The molecule has 0 N–H and O–H groups in total. The van der Waals surface area contributed by atoms with Crippen molar-refractivity contribution in [3.05, 3.63) is 34.2 Å². The van der Waals surface area contributed by atoms with E-state index in [9.17, 15) is 4.79 Å². The van der Waals surface area contributed by atoms with Gasteiger partial charge in [0.15, 0.2) is 0 Å². The van der Waals surface area contributed by atoms with E-state index in [0.717, 1.165) is 47.8 Å². The van der Waals surface area contributed by atoms with Crippen LogP contribution in [-0.2, 0) is 0 Å². The molecule has 2 nitrogen and oxygen atoms in total. The number of likely N-dealkylation sites (tertiary alicyclic amines) is 1. The quantitative estimate of drug-likeness (QED) is 0.736. The number of carbonyl (C=O) groups excluding carboxylic acids is 1. The average Bonchev–Trinajstić information content (AvgIpc) is 2.38. The molecule has 0 radical (unpaired) electrons. The van der Waals surface area contributed by atoms with Crippen LogP contribution in [0.1, 0.15) is 37.0 Å². The first-order valence-corrected chi connectivity index (χ1v) is 6.66. The van der Waals surface area contributed by atoms with E-state index in [1.54, 1.807) is 0 Å². The van der Waals surface area contributed by atoms with Crippen molar-refractivity contribution >= 4 is 18.6 Å². The fourth-order valence-electron chi connectivity index (χ4n) is 2.41. The minimum atomic E-state index is 0.148. The number of nitrogens with zero attached hydrogens (tertiary/aromatic N) is 1. The molecule has 0 atom stereocenters. The Balaban J connectivity index is 2.19. The molecule has 1 heterocycles. The molecule has 1 amide bonds. The van der Waals surface area contributed by atoms with Crippen LogP contribution in [0.4, 0.5) is 0 Å². The molecule has 1 aromatic rings. The summed E-state index contributed by atoms with van der Waals surface area (Å²) in [6, 6.07) is 5.78. The van der Waals surface area contributed by atoms with E-state index in [4.69, 9.17) is 0 Å². The van der Waals surface area contributed by atoms with Gasteiger partial charge in [-0.15, -0.1) is 0 Å². The SMILES string of the molecule is C=c1cc(C(=O)N2CCC(C)CC2)cc/c1=C/C. The van der Waals surface area contributed by atoms with E-state index >= 15 is 0 Å². The van der Waals surface area contributed by atoms with E-state index in [2.05, 4.69) is 13.5 Å². The van der Waals surface area contributed by atoms with Gasteiger partial charge in [-0.2, -0.15) is 0 Å². The molecular weight excluding hydrogens is 222 g/mol. The second-order valence-corrected chi connectivity index (χ2v) is 5.18. The number of amides is 1. The highest BCUT2D eigenvalue weighted by molar-refractivity contribution is 5.94. The third kappa shape index (κ3) is 2.63. The maximum absolute atomic E-state index is 12.3. The number of hydrogen-bond donors (Lipinski definition) is 0. The summed E-state index contributed by atoms with van der Waals surface area (Å²) >= 11 is 0. The third-order valence-corrected chi connectivity index (χ3v) is 3.77. The molecule has 0 spiro atoms. The van der Waals surface area contributed by atoms with Crippen LogP contribution in [0.15, 0.2) is 18.2 Å². The van der Waals surface area contributed by atoms with Crippen LogP contribution in [-0.4, -0.2) is 23.9 Å². The molecule has 1 saturated heterocycles. The molecule has 96 valence electrons. The van der Waals surface area contributed by atoms with E-state index in [1.807, 2.05) is 36.1 Å². The zero-order valence-electron chi connectivity index (χ0n) is 11.3. The highest BCUT2D eigenvalue weighted by Gasteiger charge is 2.21. The van der Waals surface area contributed by atoms with E-state index in [0.29, 0.717) is 0 Å². The summed E-state index contributed by atoms with van der Waals surface area (Å²) in [5, 5.41) is 2.02. The summed E-state index contributed by atoms with van der Waals surface area (Å²) in [6.45, 7) is 9.99. The molecule has 1 aromatic carbocycles. The zero-order chi connectivity index (χ0) is 13.1. The van der Waals surface area contributed by atoms with Gasteiger partial charge in [-0.1, -0.05) is 25.6 Å². The Hall–Kier alpha value is -1.57. The Morgan fingerprint density at radius 3 is 2.61 bits per heavy atom. The third-order valence-electron chi connectivity index (χ3n) is 3.77. The Morgan fingerprint density at radius 2 is 2.06 bits per heavy atom. The summed E-state index contributed by atoms with van der Waals surface area (Å²) in [5.41, 5.74) is 0.764. The minimum absolute atomic E-state index is 0.148. The van der Waals surface area contributed by atoms with Gasteiger partial charge in [-0.05, 0) is 48.3 Å². The van der Waals surface area contributed by atoms with Crippen LogP contribution < -0.4 is 10.4 Å². The molecule has 2 rings (SSSR count). The van der Waals surface area contributed by atoms with Gasteiger partial charge in [0.2, 0.25) is 0 Å². The topological polar surface area (TPSA) is 20.3 Å². The second-order valence-electron chi connectivity index (χ2n) is 5.18. The first-order chi connectivity index (χ1) is 8.61. The molecule has 1 fully saturated rings. The van der Waals surface area contributed by atoms with Gasteiger partial charge in [0, 0.05) is 18.7 Å². The molecule has 1 aliphatic rings. The molecular formula is C16H21NO. The number of benzene rings is 1. The lowest BCUT2D eigenvalue weighted by Crippen LogP contribution is -2.38. The summed E-state index contributed by atoms with van der Waals surface area (Å²) in [5.74, 6) is 0.893. The van der Waals surface area contributed by atoms with Gasteiger partial charge in [-0.25, -0.2) is 0 Å². The van der Waals surface area contributed by atoms with Crippen molar-refractivity contribution in [3.8, 4) is 0 Å². The summed E-state index contributed by atoms with van der Waals surface area (Å²) in [4.78, 5) is 14.3. The summed E-state index contributed by atoms with van der Waals surface area (Å²) in [6.07, 6.45) is 4.24. The van der Waals surface area contributed by atoms with Crippen LogP contribution in [0, 0.1) is 5.92 Å². The van der Waals surface area contributed by atoms with Crippen molar-refractivity contribution in [1.82, 2.24) is 4.90 Å². The fraction of sp³-hybridized carbons (Fsp3) is 0.438. The van der Waals surface area contributed by atoms with Crippen LogP contribution >= 0.6 is 0 Å². The van der Waals surface area contributed by atoms with Crippen molar-refractivity contribution < 1.29 is 4.79 Å². The lowest BCUT2D eigenvalue weighted by Gasteiger charge is -2.30. The number of hydrogen-bond acceptors (Lipinski definition) is 1. The molecule has 2 heteroatoms. The molecule has 18 heavy (non-hydrogen) atoms. The maximum Gasteiger partial charge on any atom is 0.253 e. The number of carbonyl (C=O) groups is 1. The highest BCUT2D eigenvalue weighted by Crippen LogP contribution is 2.17. The second kappa shape index (κ2) is 5.38. The van der Waals surface area contributed by atoms with Crippen molar-refractivity contribution in [1.29, 1.82) is 0 Å².